The predicted octanol–water partition coefficient (Wildman–Crippen LogP) is 4.43. The Balaban J connectivity index is 1.41. The molecule has 1 fully saturated rings. The lowest BCUT2D eigenvalue weighted by atomic mass is 9.99. The summed E-state index contributed by atoms with van der Waals surface area (Å²) in [5.74, 6) is 0. The Labute approximate surface area is 193 Å². The maximum Gasteiger partial charge on any atom is 0.228 e. The van der Waals surface area contributed by atoms with Gasteiger partial charge in [0.15, 0.2) is 0 Å². The Morgan fingerprint density at radius 3 is 1.64 bits per heavy atom. The molecule has 0 spiro atoms. The molecule has 3 aromatic rings. The first-order valence-electron chi connectivity index (χ1n) is 11.1. The van der Waals surface area contributed by atoms with E-state index in [0.29, 0.717) is 6.61 Å². The maximum atomic E-state index is 15.1. The van der Waals surface area contributed by atoms with Gasteiger partial charge in [0.05, 0.1) is 26.4 Å². The van der Waals surface area contributed by atoms with Crippen LogP contribution >= 0.6 is 0 Å². The first-order valence-corrected chi connectivity index (χ1v) is 11.1. The van der Waals surface area contributed by atoms with Crippen LogP contribution in [-0.4, -0.2) is 42.5 Å². The molecule has 0 saturated carbocycles. The first kappa shape index (κ1) is 23.5. The van der Waals surface area contributed by atoms with E-state index in [0.717, 1.165) is 16.7 Å². The number of rotatable bonds is 10. The van der Waals surface area contributed by atoms with Crippen LogP contribution in [-0.2, 0) is 38.8 Å². The molecule has 33 heavy (non-hydrogen) atoms. The molecule has 0 aliphatic carbocycles. The zero-order valence-electron chi connectivity index (χ0n) is 18.3. The molecule has 0 amide bonds. The highest BCUT2D eigenvalue weighted by atomic mass is 19.1. The lowest BCUT2D eigenvalue weighted by Crippen LogP contribution is -2.59. The van der Waals surface area contributed by atoms with E-state index in [1.165, 1.54) is 0 Å². The van der Waals surface area contributed by atoms with Gasteiger partial charge in [-0.2, -0.15) is 0 Å². The predicted molar refractivity (Wildman–Crippen MR) is 122 cm³/mol. The van der Waals surface area contributed by atoms with Gasteiger partial charge >= 0.3 is 0 Å². The van der Waals surface area contributed by atoms with Gasteiger partial charge in [-0.15, -0.1) is 0 Å². The van der Waals surface area contributed by atoms with Crippen LogP contribution < -0.4 is 0 Å². The van der Waals surface area contributed by atoms with Crippen LogP contribution in [0.1, 0.15) is 16.7 Å². The van der Waals surface area contributed by atoms with Crippen molar-refractivity contribution in [1.29, 1.82) is 0 Å². The van der Waals surface area contributed by atoms with Crippen molar-refractivity contribution in [2.45, 2.75) is 50.6 Å². The third-order valence-corrected chi connectivity index (χ3v) is 5.57. The molecule has 5 atom stereocenters. The minimum Gasteiger partial charge on any atom is -0.387 e. The van der Waals surface area contributed by atoms with Gasteiger partial charge in [0, 0.05) is 0 Å². The Morgan fingerprint density at radius 1 is 0.667 bits per heavy atom. The molecule has 4 rings (SSSR count). The summed E-state index contributed by atoms with van der Waals surface area (Å²) in [7, 11) is 0. The van der Waals surface area contributed by atoms with Crippen molar-refractivity contribution in [2.75, 3.05) is 6.61 Å². The fraction of sp³-hybridized carbons (Fsp3) is 0.333. The van der Waals surface area contributed by atoms with Crippen molar-refractivity contribution in [1.82, 2.24) is 0 Å². The van der Waals surface area contributed by atoms with Crippen molar-refractivity contribution in [3.05, 3.63) is 108 Å². The van der Waals surface area contributed by atoms with Gasteiger partial charge in [-0.05, 0) is 16.7 Å². The van der Waals surface area contributed by atoms with Crippen molar-refractivity contribution >= 4 is 0 Å². The standard InChI is InChI=1S/C27H29FO5/c28-27-26(32-18-22-14-8-3-9-15-22)25(31-17-21-12-6-2-7-13-21)24(29)23(33-27)19-30-16-20-10-4-1-5-11-20/h1-15,23-27,29H,16-19H2/t23?,24-,25-,26?,27+/m0/s1. The Morgan fingerprint density at radius 2 is 1.12 bits per heavy atom. The molecular formula is C27H29FO5. The van der Waals surface area contributed by atoms with Gasteiger partial charge in [0.1, 0.15) is 24.4 Å². The fourth-order valence-corrected chi connectivity index (χ4v) is 3.78. The SMILES string of the molecule is O[C@H]1C(COCc2ccccc2)O[C@@H](F)C(OCc2ccccc2)[C@H]1OCc1ccccc1. The number of aliphatic hydroxyl groups is 1. The molecular weight excluding hydrogens is 423 g/mol. The van der Waals surface area contributed by atoms with Gasteiger partial charge in [-0.25, -0.2) is 4.39 Å². The summed E-state index contributed by atoms with van der Waals surface area (Å²) in [6.07, 6.45) is -5.74. The molecule has 0 bridgehead atoms. The molecule has 1 N–H and O–H groups in total. The Kier molecular flexibility index (Phi) is 8.58. The topological polar surface area (TPSA) is 57.2 Å². The summed E-state index contributed by atoms with van der Waals surface area (Å²) in [5, 5.41) is 11.0. The van der Waals surface area contributed by atoms with Gasteiger partial charge < -0.3 is 24.1 Å². The quantitative estimate of drug-likeness (QED) is 0.493. The molecule has 0 aromatic heterocycles. The van der Waals surface area contributed by atoms with Crippen LogP contribution in [0, 0.1) is 0 Å². The number of alkyl halides is 1. The summed E-state index contributed by atoms with van der Waals surface area (Å²) in [4.78, 5) is 0. The number of benzene rings is 3. The molecule has 6 heteroatoms. The normalized spacial score (nSPS) is 25.1. The summed E-state index contributed by atoms with van der Waals surface area (Å²) >= 11 is 0. The zero-order chi connectivity index (χ0) is 22.9. The van der Waals surface area contributed by atoms with Crippen LogP contribution in [0.15, 0.2) is 91.0 Å². The minimum atomic E-state index is -1.76. The molecule has 0 radical (unpaired) electrons. The van der Waals surface area contributed by atoms with Crippen molar-refractivity contribution in [3.8, 4) is 0 Å². The molecule has 5 nitrogen and oxygen atoms in total. The van der Waals surface area contributed by atoms with Crippen LogP contribution in [0.25, 0.3) is 0 Å². The highest BCUT2D eigenvalue weighted by Crippen LogP contribution is 2.29. The number of aliphatic hydroxyl groups excluding tert-OH is 1. The highest BCUT2D eigenvalue weighted by molar-refractivity contribution is 5.15. The summed E-state index contributed by atoms with van der Waals surface area (Å²) in [6, 6.07) is 28.7. The Hall–Kier alpha value is -2.61. The van der Waals surface area contributed by atoms with E-state index in [9.17, 15) is 5.11 Å². The minimum absolute atomic E-state index is 0.0348. The van der Waals surface area contributed by atoms with E-state index >= 15 is 4.39 Å². The van der Waals surface area contributed by atoms with Crippen LogP contribution in [0.3, 0.4) is 0 Å². The average molecular weight is 453 g/mol. The largest absolute Gasteiger partial charge is 0.387 e. The molecule has 2 unspecified atom stereocenters. The summed E-state index contributed by atoms with van der Waals surface area (Å²) in [6.45, 7) is 0.779. The lowest BCUT2D eigenvalue weighted by molar-refractivity contribution is -0.289. The molecule has 1 saturated heterocycles. The lowest BCUT2D eigenvalue weighted by Gasteiger charge is -2.41. The third-order valence-electron chi connectivity index (χ3n) is 5.57. The van der Waals surface area contributed by atoms with Crippen molar-refractivity contribution in [3.63, 3.8) is 0 Å². The van der Waals surface area contributed by atoms with E-state index in [2.05, 4.69) is 0 Å². The number of halogens is 1. The summed E-state index contributed by atoms with van der Waals surface area (Å²) < 4.78 is 38.1. The van der Waals surface area contributed by atoms with Gasteiger partial charge in [-0.1, -0.05) is 91.0 Å². The van der Waals surface area contributed by atoms with E-state index in [4.69, 9.17) is 18.9 Å². The molecule has 174 valence electrons. The van der Waals surface area contributed by atoms with Crippen LogP contribution in [0.5, 0.6) is 0 Å². The first-order chi connectivity index (χ1) is 16.2. The number of ether oxygens (including phenoxy) is 4. The van der Waals surface area contributed by atoms with E-state index in [1.54, 1.807) is 0 Å². The third kappa shape index (κ3) is 6.69. The number of hydrogen-bond donors (Lipinski definition) is 1. The van der Waals surface area contributed by atoms with Crippen LogP contribution in [0.2, 0.25) is 0 Å². The van der Waals surface area contributed by atoms with Crippen LogP contribution in [0.4, 0.5) is 4.39 Å². The second-order valence-corrected chi connectivity index (χ2v) is 8.04. The Bertz CT molecular complexity index is 941. The number of hydrogen-bond acceptors (Lipinski definition) is 5. The van der Waals surface area contributed by atoms with E-state index in [-0.39, 0.29) is 19.8 Å². The second kappa shape index (κ2) is 12.0. The molecule has 1 aliphatic rings. The van der Waals surface area contributed by atoms with E-state index < -0.39 is 30.8 Å². The molecule has 3 aromatic carbocycles. The monoisotopic (exact) mass is 452 g/mol. The van der Waals surface area contributed by atoms with Gasteiger partial charge in [0.2, 0.25) is 6.36 Å². The average Bonchev–Trinajstić information content (AvgIpc) is 2.86. The molecule has 1 heterocycles. The van der Waals surface area contributed by atoms with Crippen molar-refractivity contribution in [2.24, 2.45) is 0 Å². The fourth-order valence-electron chi connectivity index (χ4n) is 3.78. The summed E-state index contributed by atoms with van der Waals surface area (Å²) in [5.41, 5.74) is 2.81. The van der Waals surface area contributed by atoms with Gasteiger partial charge in [-0.3, -0.25) is 0 Å². The van der Waals surface area contributed by atoms with Gasteiger partial charge in [0.25, 0.3) is 0 Å². The molecule has 1 aliphatic heterocycles. The zero-order valence-corrected chi connectivity index (χ0v) is 18.3. The maximum absolute atomic E-state index is 15.1. The highest BCUT2D eigenvalue weighted by Gasteiger charge is 2.47. The van der Waals surface area contributed by atoms with E-state index in [1.807, 2.05) is 91.0 Å². The smallest absolute Gasteiger partial charge is 0.228 e. The second-order valence-electron chi connectivity index (χ2n) is 8.04. The van der Waals surface area contributed by atoms with Crippen molar-refractivity contribution < 1.29 is 28.4 Å².